The molecule has 2 heteroatoms. The highest BCUT2D eigenvalue weighted by Crippen LogP contribution is 2.56. The largest absolute Gasteiger partial charge is 0.328 e. The number of nitrogens with zero attached hydrogens (tertiary/aromatic N) is 1. The Morgan fingerprint density at radius 1 is 1.25 bits per heavy atom. The van der Waals surface area contributed by atoms with Crippen LogP contribution in [-0.4, -0.2) is 6.04 Å². The summed E-state index contributed by atoms with van der Waals surface area (Å²) in [5.74, 6) is 0. The Balaban J connectivity index is 1.78. The first-order valence-electron chi connectivity index (χ1n) is 5.69. The normalized spacial score (nSPS) is 31.2. The van der Waals surface area contributed by atoms with E-state index in [1.54, 1.807) is 0 Å². The second-order valence-corrected chi connectivity index (χ2v) is 5.07. The molecule has 0 aliphatic heterocycles. The molecule has 1 aromatic rings. The maximum atomic E-state index is 8.72. The second kappa shape index (κ2) is 3.20. The first-order valence-corrected chi connectivity index (χ1v) is 5.69. The number of hydrogen-bond acceptors (Lipinski definition) is 2. The van der Waals surface area contributed by atoms with E-state index in [9.17, 15) is 0 Å². The van der Waals surface area contributed by atoms with Gasteiger partial charge in [-0.15, -0.1) is 0 Å². The molecular formula is C14H14N2. The van der Waals surface area contributed by atoms with Crippen molar-refractivity contribution in [3.63, 3.8) is 0 Å². The van der Waals surface area contributed by atoms with Crippen molar-refractivity contribution < 1.29 is 0 Å². The molecule has 0 unspecified atom stereocenters. The van der Waals surface area contributed by atoms with Gasteiger partial charge >= 0.3 is 0 Å². The Kier molecular flexibility index (Phi) is 1.92. The van der Waals surface area contributed by atoms with E-state index in [0.717, 1.165) is 24.8 Å². The van der Waals surface area contributed by atoms with Gasteiger partial charge in [-0.1, -0.05) is 18.2 Å². The Morgan fingerprint density at radius 3 is 2.38 bits per heavy atom. The van der Waals surface area contributed by atoms with E-state index in [4.69, 9.17) is 11.0 Å². The molecule has 0 saturated heterocycles. The van der Waals surface area contributed by atoms with Gasteiger partial charge in [-0.3, -0.25) is 0 Å². The monoisotopic (exact) mass is 210 g/mol. The first-order chi connectivity index (χ1) is 7.71. The third kappa shape index (κ3) is 1.36. The van der Waals surface area contributed by atoms with E-state index in [-0.39, 0.29) is 0 Å². The minimum atomic E-state index is 0.416. The van der Waals surface area contributed by atoms with Crippen LogP contribution in [0.4, 0.5) is 0 Å². The van der Waals surface area contributed by atoms with Crippen LogP contribution < -0.4 is 5.73 Å². The zero-order chi connectivity index (χ0) is 11.2. The Bertz CT molecular complexity index is 484. The van der Waals surface area contributed by atoms with Crippen LogP contribution in [0.15, 0.2) is 30.3 Å². The van der Waals surface area contributed by atoms with E-state index in [1.165, 1.54) is 11.1 Å². The quantitative estimate of drug-likeness (QED) is 0.774. The number of rotatable bonds is 1. The molecule has 3 rings (SSSR count). The fourth-order valence-electron chi connectivity index (χ4n) is 2.91. The van der Waals surface area contributed by atoms with Gasteiger partial charge in [0.2, 0.25) is 0 Å². The molecule has 2 aliphatic carbocycles. The van der Waals surface area contributed by atoms with Crippen molar-refractivity contribution in [1.82, 2.24) is 0 Å². The van der Waals surface area contributed by atoms with Crippen LogP contribution in [-0.2, 0) is 0 Å². The summed E-state index contributed by atoms with van der Waals surface area (Å²) in [6.45, 7) is 0. The van der Waals surface area contributed by atoms with E-state index in [0.29, 0.717) is 11.5 Å². The minimum Gasteiger partial charge on any atom is -0.328 e. The fourth-order valence-corrected chi connectivity index (χ4v) is 2.91. The van der Waals surface area contributed by atoms with Gasteiger partial charge in [-0.05, 0) is 47.9 Å². The van der Waals surface area contributed by atoms with Crippen LogP contribution in [0.1, 0.15) is 30.4 Å². The number of nitrogens with two attached hydrogens (primary N) is 1. The van der Waals surface area contributed by atoms with Crippen molar-refractivity contribution >= 4 is 5.57 Å². The lowest BCUT2D eigenvalue weighted by Crippen LogP contribution is -2.48. The van der Waals surface area contributed by atoms with Crippen molar-refractivity contribution in [2.24, 2.45) is 11.1 Å². The molecule has 2 nitrogen and oxygen atoms in total. The summed E-state index contributed by atoms with van der Waals surface area (Å²) < 4.78 is 0. The summed E-state index contributed by atoms with van der Waals surface area (Å²) in [6.07, 6.45) is 5.82. The molecule has 1 spiro atoms. The van der Waals surface area contributed by atoms with E-state index < -0.39 is 0 Å². The van der Waals surface area contributed by atoms with Gasteiger partial charge in [0.25, 0.3) is 0 Å². The van der Waals surface area contributed by atoms with Gasteiger partial charge in [0.15, 0.2) is 0 Å². The van der Waals surface area contributed by atoms with Gasteiger partial charge in [0.1, 0.15) is 0 Å². The molecule has 0 aromatic heterocycles. The Labute approximate surface area is 95.4 Å². The molecule has 16 heavy (non-hydrogen) atoms. The maximum absolute atomic E-state index is 8.72. The molecule has 0 bridgehead atoms. The minimum absolute atomic E-state index is 0.416. The summed E-state index contributed by atoms with van der Waals surface area (Å²) in [4.78, 5) is 0. The predicted octanol–water partition coefficient (Wildman–Crippen LogP) is 2.45. The van der Waals surface area contributed by atoms with Crippen molar-refractivity contribution in [2.75, 3.05) is 0 Å². The fraction of sp³-hybridized carbons (Fsp3) is 0.357. The molecule has 0 heterocycles. The molecule has 80 valence electrons. The highest BCUT2D eigenvalue weighted by atomic mass is 14.7. The van der Waals surface area contributed by atoms with E-state index in [1.807, 2.05) is 24.3 Å². The van der Waals surface area contributed by atoms with Crippen molar-refractivity contribution in [3.8, 4) is 6.07 Å². The zero-order valence-corrected chi connectivity index (χ0v) is 9.11. The molecule has 1 aromatic carbocycles. The summed E-state index contributed by atoms with van der Waals surface area (Å²) in [5, 5.41) is 8.72. The molecule has 2 aliphatic rings. The van der Waals surface area contributed by atoms with Crippen LogP contribution in [0.5, 0.6) is 0 Å². The smallest absolute Gasteiger partial charge is 0.0991 e. The predicted molar refractivity (Wildman–Crippen MR) is 63.4 cm³/mol. The number of nitriles is 1. The van der Waals surface area contributed by atoms with Crippen molar-refractivity contribution in [2.45, 2.75) is 25.3 Å². The average Bonchev–Trinajstić information content (AvgIpc) is 2.22. The third-order valence-corrected chi connectivity index (χ3v) is 3.75. The lowest BCUT2D eigenvalue weighted by molar-refractivity contribution is 0.155. The highest BCUT2D eigenvalue weighted by Gasteiger charge is 2.46. The van der Waals surface area contributed by atoms with Gasteiger partial charge in [0, 0.05) is 6.04 Å². The number of benzene rings is 1. The lowest BCUT2D eigenvalue weighted by Gasteiger charge is -2.51. The molecule has 0 amide bonds. The van der Waals surface area contributed by atoms with Crippen molar-refractivity contribution in [1.29, 1.82) is 5.26 Å². The highest BCUT2D eigenvalue weighted by molar-refractivity contribution is 5.73. The van der Waals surface area contributed by atoms with Crippen molar-refractivity contribution in [3.05, 3.63) is 41.5 Å². The maximum Gasteiger partial charge on any atom is 0.0991 e. The van der Waals surface area contributed by atoms with Gasteiger partial charge in [-0.25, -0.2) is 0 Å². The summed E-state index contributed by atoms with van der Waals surface area (Å²) in [5.41, 5.74) is 9.65. The van der Waals surface area contributed by atoms with Gasteiger partial charge in [-0.2, -0.15) is 5.26 Å². The molecule has 0 atom stereocenters. The molecular weight excluding hydrogens is 196 g/mol. The van der Waals surface area contributed by atoms with Crippen LogP contribution in [0.3, 0.4) is 0 Å². The Morgan fingerprint density at radius 2 is 1.88 bits per heavy atom. The molecule has 0 radical (unpaired) electrons. The summed E-state index contributed by atoms with van der Waals surface area (Å²) >= 11 is 0. The zero-order valence-electron chi connectivity index (χ0n) is 9.11. The second-order valence-electron chi connectivity index (χ2n) is 5.07. The standard InChI is InChI=1S/C14H14N2/c15-9-10-1-3-11(4-2-10)12-5-14(6-12)7-13(16)8-14/h1-5,13H,6-8,16H2. The number of allylic oxidation sites excluding steroid dienone is 2. The topological polar surface area (TPSA) is 49.8 Å². The summed E-state index contributed by atoms with van der Waals surface area (Å²) in [6, 6.07) is 10.4. The molecule has 1 saturated carbocycles. The van der Waals surface area contributed by atoms with Crippen LogP contribution >= 0.6 is 0 Å². The molecule has 1 fully saturated rings. The van der Waals surface area contributed by atoms with Crippen LogP contribution in [0, 0.1) is 16.7 Å². The SMILES string of the molecule is N#Cc1ccc(C2=CC3(C2)CC(N)C3)cc1. The van der Waals surface area contributed by atoms with E-state index >= 15 is 0 Å². The number of hydrogen-bond donors (Lipinski definition) is 1. The third-order valence-electron chi connectivity index (χ3n) is 3.75. The first kappa shape index (κ1) is 9.62. The molecule has 2 N–H and O–H groups in total. The van der Waals surface area contributed by atoms with Crippen LogP contribution in [0.25, 0.3) is 5.57 Å². The summed E-state index contributed by atoms with van der Waals surface area (Å²) in [7, 11) is 0. The average molecular weight is 210 g/mol. The van der Waals surface area contributed by atoms with Crippen LogP contribution in [0.2, 0.25) is 0 Å². The van der Waals surface area contributed by atoms with Gasteiger partial charge in [0.05, 0.1) is 11.6 Å². The van der Waals surface area contributed by atoms with Gasteiger partial charge < -0.3 is 5.73 Å². The van der Waals surface area contributed by atoms with E-state index in [2.05, 4.69) is 12.1 Å². The lowest BCUT2D eigenvalue weighted by atomic mass is 9.55. The Hall–Kier alpha value is -1.59.